The van der Waals surface area contributed by atoms with Gasteiger partial charge in [0, 0.05) is 32.7 Å². The lowest BCUT2D eigenvalue weighted by Gasteiger charge is -2.26. The van der Waals surface area contributed by atoms with Gasteiger partial charge in [0.2, 0.25) is 0 Å². The highest BCUT2D eigenvalue weighted by Gasteiger charge is 2.14. The van der Waals surface area contributed by atoms with Gasteiger partial charge in [-0.05, 0) is 40.3 Å². The predicted molar refractivity (Wildman–Crippen MR) is 118 cm³/mol. The molecule has 9 nitrogen and oxygen atoms in total. The molecule has 0 atom stereocenters. The zero-order valence-corrected chi connectivity index (χ0v) is 18.3. The van der Waals surface area contributed by atoms with Crippen LogP contribution in [0.15, 0.2) is 48.5 Å². The summed E-state index contributed by atoms with van der Waals surface area (Å²) in [6, 6.07) is 15.7. The van der Waals surface area contributed by atoms with E-state index in [-0.39, 0.29) is 18.4 Å². The maximum absolute atomic E-state index is 5.95. The summed E-state index contributed by atoms with van der Waals surface area (Å²) in [6.45, 7) is 6.35. The Morgan fingerprint density at radius 3 is 2.65 bits per heavy atom. The Hall–Kier alpha value is -2.72. The molecule has 1 aliphatic heterocycles. The number of nitrogens with one attached hydrogen (secondary N) is 1. The van der Waals surface area contributed by atoms with Crippen molar-refractivity contribution in [3.8, 4) is 23.2 Å². The first-order valence-electron chi connectivity index (χ1n) is 10.0. The molecule has 1 saturated heterocycles. The quantitative estimate of drug-likeness (QED) is 0.501. The molecule has 10 heteroatoms. The Morgan fingerprint density at radius 2 is 1.87 bits per heavy atom. The van der Waals surface area contributed by atoms with E-state index in [2.05, 4.69) is 25.7 Å². The fraction of sp³-hybridized carbons (Fsp3) is 0.381. The molecule has 2 heterocycles. The number of halogens is 1. The second-order valence-corrected chi connectivity index (χ2v) is 6.93. The van der Waals surface area contributed by atoms with Gasteiger partial charge in [0.25, 0.3) is 0 Å². The molecular weight excluding hydrogens is 420 g/mol. The molecule has 1 aromatic heterocycles. The lowest BCUT2D eigenvalue weighted by molar-refractivity contribution is 0.0384. The summed E-state index contributed by atoms with van der Waals surface area (Å²) >= 11 is 0. The summed E-state index contributed by atoms with van der Waals surface area (Å²) in [5.74, 6) is 1.19. The first-order chi connectivity index (χ1) is 14.8. The molecule has 0 saturated carbocycles. The highest BCUT2D eigenvalue weighted by atomic mass is 35.5. The van der Waals surface area contributed by atoms with Crippen LogP contribution in [0.2, 0.25) is 0 Å². The van der Waals surface area contributed by atoms with Crippen molar-refractivity contribution in [1.82, 2.24) is 30.4 Å². The molecule has 31 heavy (non-hydrogen) atoms. The minimum Gasteiger partial charge on any atom is -0.493 e. The lowest BCUT2D eigenvalue weighted by Crippen LogP contribution is -2.40. The third-order valence-electron chi connectivity index (χ3n) is 4.91. The van der Waals surface area contributed by atoms with E-state index in [9.17, 15) is 0 Å². The van der Waals surface area contributed by atoms with Crippen LogP contribution in [0, 0.1) is 0 Å². The van der Waals surface area contributed by atoms with Gasteiger partial charge in [-0.25, -0.2) is 0 Å². The highest BCUT2D eigenvalue weighted by Crippen LogP contribution is 2.32. The largest absolute Gasteiger partial charge is 0.493 e. The maximum Gasteiger partial charge on any atom is 0.346 e. The summed E-state index contributed by atoms with van der Waals surface area (Å²) in [6.07, 6.45) is 0. The molecule has 1 fully saturated rings. The Bertz CT molecular complexity index is 934. The fourth-order valence-corrected chi connectivity index (χ4v) is 3.27. The molecule has 1 N–H and O–H groups in total. The Balaban J connectivity index is 0.00000272. The molecule has 4 rings (SSSR count). The van der Waals surface area contributed by atoms with Crippen molar-refractivity contribution in [3.05, 3.63) is 54.1 Å². The smallest absolute Gasteiger partial charge is 0.346 e. The van der Waals surface area contributed by atoms with Crippen LogP contribution < -0.4 is 14.8 Å². The van der Waals surface area contributed by atoms with E-state index in [4.69, 9.17) is 14.2 Å². The van der Waals surface area contributed by atoms with Gasteiger partial charge in [-0.3, -0.25) is 4.90 Å². The molecule has 0 unspecified atom stereocenters. The summed E-state index contributed by atoms with van der Waals surface area (Å²) in [5, 5.41) is 15.2. The molecule has 2 aromatic carbocycles. The topological polar surface area (TPSA) is 86.6 Å². The van der Waals surface area contributed by atoms with Crippen molar-refractivity contribution in [3.63, 3.8) is 0 Å². The number of hydrogen-bond donors (Lipinski definition) is 1. The molecule has 1 aliphatic rings. The van der Waals surface area contributed by atoms with Crippen molar-refractivity contribution in [2.24, 2.45) is 0 Å². The molecule has 0 spiro atoms. The van der Waals surface area contributed by atoms with E-state index >= 15 is 0 Å². The number of methoxy groups -OCH3 is 1. The number of morpholine rings is 1. The van der Waals surface area contributed by atoms with Crippen molar-refractivity contribution < 1.29 is 14.2 Å². The molecule has 166 valence electrons. The number of aromatic nitrogens is 4. The van der Waals surface area contributed by atoms with Crippen molar-refractivity contribution in [2.75, 3.05) is 46.5 Å². The van der Waals surface area contributed by atoms with Crippen LogP contribution >= 0.6 is 12.4 Å². The average molecular weight is 447 g/mol. The number of tetrazole rings is 1. The summed E-state index contributed by atoms with van der Waals surface area (Å²) in [4.78, 5) is 2.41. The first kappa shape index (κ1) is 23.0. The molecule has 3 aromatic rings. The molecule has 0 radical (unpaired) electrons. The Labute approximate surface area is 187 Å². The zero-order chi connectivity index (χ0) is 20.6. The van der Waals surface area contributed by atoms with Crippen LogP contribution in [-0.4, -0.2) is 71.6 Å². The van der Waals surface area contributed by atoms with Crippen LogP contribution in [0.3, 0.4) is 0 Å². The van der Waals surface area contributed by atoms with Crippen LogP contribution in [0.25, 0.3) is 5.69 Å². The van der Waals surface area contributed by atoms with Crippen LogP contribution in [0.5, 0.6) is 17.5 Å². The summed E-state index contributed by atoms with van der Waals surface area (Å²) in [7, 11) is 1.62. The SMILES string of the molecule is COc1cc(CNCCN2CCOCC2)ccc1Oc1nnnn1-c1ccccc1.Cl. The van der Waals surface area contributed by atoms with Gasteiger partial charge < -0.3 is 19.5 Å². The molecule has 0 aliphatic carbocycles. The van der Waals surface area contributed by atoms with E-state index in [1.54, 1.807) is 11.8 Å². The van der Waals surface area contributed by atoms with Crippen LogP contribution in [-0.2, 0) is 11.3 Å². The standard InChI is InChI=1S/C21H26N6O3.ClH/c1-28-20-15-17(16-22-9-10-26-11-13-29-14-12-26)7-8-19(20)30-21-23-24-25-27(21)18-5-3-2-4-6-18;/h2-8,15,22H,9-14,16H2,1H3;1H. The number of rotatable bonds is 9. The normalized spacial score (nSPS) is 14.1. The number of hydrogen-bond acceptors (Lipinski definition) is 8. The van der Waals surface area contributed by atoms with Gasteiger partial charge in [0.15, 0.2) is 11.5 Å². The van der Waals surface area contributed by atoms with E-state index in [1.807, 2.05) is 48.5 Å². The van der Waals surface area contributed by atoms with Crippen molar-refractivity contribution in [1.29, 1.82) is 0 Å². The number of benzene rings is 2. The van der Waals surface area contributed by atoms with Gasteiger partial charge in [-0.1, -0.05) is 29.4 Å². The zero-order valence-electron chi connectivity index (χ0n) is 17.4. The van der Waals surface area contributed by atoms with Gasteiger partial charge in [0.1, 0.15) is 0 Å². The average Bonchev–Trinajstić information content (AvgIpc) is 3.27. The number of ether oxygens (including phenoxy) is 3. The predicted octanol–water partition coefficient (Wildman–Crippen LogP) is 2.31. The number of para-hydroxylation sites is 1. The second-order valence-electron chi connectivity index (χ2n) is 6.93. The minimum atomic E-state index is 0. The van der Waals surface area contributed by atoms with Gasteiger partial charge in [0.05, 0.1) is 26.0 Å². The van der Waals surface area contributed by atoms with E-state index in [0.717, 1.165) is 57.2 Å². The van der Waals surface area contributed by atoms with E-state index < -0.39 is 0 Å². The third-order valence-corrected chi connectivity index (χ3v) is 4.91. The first-order valence-corrected chi connectivity index (χ1v) is 10.0. The second kappa shape index (κ2) is 11.6. The maximum atomic E-state index is 5.95. The molecule has 0 amide bonds. The Morgan fingerprint density at radius 1 is 1.06 bits per heavy atom. The Kier molecular flexibility index (Phi) is 8.60. The van der Waals surface area contributed by atoms with Gasteiger partial charge in [-0.2, -0.15) is 4.68 Å². The van der Waals surface area contributed by atoms with Crippen molar-refractivity contribution in [2.45, 2.75) is 6.54 Å². The lowest BCUT2D eigenvalue weighted by atomic mass is 10.2. The van der Waals surface area contributed by atoms with Crippen molar-refractivity contribution >= 4 is 12.4 Å². The summed E-state index contributed by atoms with van der Waals surface area (Å²) in [5.41, 5.74) is 1.93. The monoisotopic (exact) mass is 446 g/mol. The van der Waals surface area contributed by atoms with E-state index in [0.29, 0.717) is 11.5 Å². The van der Waals surface area contributed by atoms with Crippen LogP contribution in [0.4, 0.5) is 0 Å². The van der Waals surface area contributed by atoms with Gasteiger partial charge in [-0.15, -0.1) is 12.4 Å². The van der Waals surface area contributed by atoms with Gasteiger partial charge >= 0.3 is 6.01 Å². The fourth-order valence-electron chi connectivity index (χ4n) is 3.27. The highest BCUT2D eigenvalue weighted by molar-refractivity contribution is 5.85. The van der Waals surface area contributed by atoms with Crippen LogP contribution in [0.1, 0.15) is 5.56 Å². The molecule has 0 bridgehead atoms. The third kappa shape index (κ3) is 6.14. The van der Waals surface area contributed by atoms with E-state index in [1.165, 1.54) is 0 Å². The number of nitrogens with zero attached hydrogens (tertiary/aromatic N) is 5. The summed E-state index contributed by atoms with van der Waals surface area (Å²) < 4.78 is 18.4. The minimum absolute atomic E-state index is 0. The molecular formula is C21H27ClN6O3.